The van der Waals surface area contributed by atoms with E-state index >= 15 is 0 Å². The highest BCUT2D eigenvalue weighted by molar-refractivity contribution is 5.32. The van der Waals surface area contributed by atoms with Crippen molar-refractivity contribution in [1.29, 1.82) is 0 Å². The Morgan fingerprint density at radius 2 is 1.73 bits per heavy atom. The molecule has 0 unspecified atom stereocenters. The molecule has 84 valence electrons. The molecule has 15 heavy (non-hydrogen) atoms. The third-order valence-corrected chi connectivity index (χ3v) is 3.04. The van der Waals surface area contributed by atoms with Crippen LogP contribution >= 0.6 is 0 Å². The molecule has 2 N–H and O–H groups in total. The van der Waals surface area contributed by atoms with Crippen LogP contribution in [0.3, 0.4) is 0 Å². The molecule has 0 aromatic heterocycles. The molecule has 0 spiro atoms. The van der Waals surface area contributed by atoms with Gasteiger partial charge in [-0.05, 0) is 31.4 Å². The van der Waals surface area contributed by atoms with Crippen molar-refractivity contribution < 1.29 is 8.78 Å². The molecule has 0 atom stereocenters. The van der Waals surface area contributed by atoms with Gasteiger partial charge >= 0.3 is 0 Å². The Hall–Kier alpha value is -0.960. The molecule has 0 radical (unpaired) electrons. The van der Waals surface area contributed by atoms with Gasteiger partial charge in [0.05, 0.1) is 0 Å². The minimum atomic E-state index is -0.903. The van der Waals surface area contributed by atoms with E-state index in [-0.39, 0.29) is 5.56 Å². The third kappa shape index (κ3) is 2.02. The maximum Gasteiger partial charge on any atom is 0.134 e. The minimum Gasteiger partial charge on any atom is -0.321 e. The van der Waals surface area contributed by atoms with E-state index in [1.165, 1.54) is 12.1 Å². The van der Waals surface area contributed by atoms with Crippen LogP contribution in [0.5, 0.6) is 0 Å². The van der Waals surface area contributed by atoms with Crippen LogP contribution in [0.25, 0.3) is 0 Å². The summed E-state index contributed by atoms with van der Waals surface area (Å²) in [6.45, 7) is 5.29. The summed E-state index contributed by atoms with van der Waals surface area (Å²) in [5, 5.41) is 0. The second-order valence-corrected chi connectivity index (χ2v) is 3.92. The summed E-state index contributed by atoms with van der Waals surface area (Å²) in [7, 11) is 0. The number of aryl methyl sites for hydroxylation is 1. The number of benzene rings is 1. The molecule has 0 saturated carbocycles. The fourth-order valence-electron chi connectivity index (χ4n) is 1.72. The lowest BCUT2D eigenvalue weighted by Crippen LogP contribution is -2.37. The second kappa shape index (κ2) is 4.27. The van der Waals surface area contributed by atoms with Crippen molar-refractivity contribution >= 4 is 0 Å². The maximum atomic E-state index is 13.8. The molecule has 1 aromatic carbocycles. The van der Waals surface area contributed by atoms with Crippen LogP contribution in [0, 0.1) is 18.6 Å². The quantitative estimate of drug-likeness (QED) is 0.819. The highest BCUT2D eigenvalue weighted by Crippen LogP contribution is 2.31. The standard InChI is InChI=1S/C12H17F2N/c1-4-12(15,5-2)10-9(13)7-6-8(3)11(10)14/h6-7H,4-5,15H2,1-3H3. The van der Waals surface area contributed by atoms with Gasteiger partial charge in [0.15, 0.2) is 0 Å². The number of rotatable bonds is 3. The molecule has 0 aliphatic rings. The van der Waals surface area contributed by atoms with Gasteiger partial charge in [-0.1, -0.05) is 19.9 Å². The van der Waals surface area contributed by atoms with Crippen LogP contribution in [-0.2, 0) is 5.54 Å². The van der Waals surface area contributed by atoms with Gasteiger partial charge in [-0.2, -0.15) is 0 Å². The van der Waals surface area contributed by atoms with Crippen LogP contribution < -0.4 is 5.73 Å². The number of hydrogen-bond acceptors (Lipinski definition) is 1. The topological polar surface area (TPSA) is 26.0 Å². The highest BCUT2D eigenvalue weighted by Gasteiger charge is 2.30. The first-order valence-electron chi connectivity index (χ1n) is 5.20. The molecule has 0 aliphatic carbocycles. The Morgan fingerprint density at radius 3 is 2.20 bits per heavy atom. The van der Waals surface area contributed by atoms with Gasteiger partial charge in [-0.15, -0.1) is 0 Å². The van der Waals surface area contributed by atoms with E-state index in [1.807, 2.05) is 13.8 Å². The molecule has 1 aromatic rings. The first kappa shape index (κ1) is 12.1. The summed E-state index contributed by atoms with van der Waals surface area (Å²) < 4.78 is 27.4. The number of hydrogen-bond donors (Lipinski definition) is 1. The fourth-order valence-corrected chi connectivity index (χ4v) is 1.72. The van der Waals surface area contributed by atoms with Gasteiger partial charge < -0.3 is 5.73 Å². The van der Waals surface area contributed by atoms with Gasteiger partial charge in [0.25, 0.3) is 0 Å². The summed E-state index contributed by atoms with van der Waals surface area (Å²) >= 11 is 0. The van der Waals surface area contributed by atoms with Gasteiger partial charge in [0.2, 0.25) is 0 Å². The summed E-state index contributed by atoms with van der Waals surface area (Å²) in [5.74, 6) is -1.06. The van der Waals surface area contributed by atoms with Gasteiger partial charge in [-0.25, -0.2) is 8.78 Å². The molecule has 3 heteroatoms. The van der Waals surface area contributed by atoms with E-state index in [1.54, 1.807) is 6.92 Å². The zero-order chi connectivity index (χ0) is 11.6. The fraction of sp³-hybridized carbons (Fsp3) is 0.500. The third-order valence-electron chi connectivity index (χ3n) is 3.04. The first-order chi connectivity index (χ1) is 6.96. The van der Waals surface area contributed by atoms with Crippen molar-refractivity contribution in [3.8, 4) is 0 Å². The van der Waals surface area contributed by atoms with Crippen LogP contribution in [-0.4, -0.2) is 0 Å². The van der Waals surface area contributed by atoms with Crippen molar-refractivity contribution in [3.05, 3.63) is 34.9 Å². The highest BCUT2D eigenvalue weighted by atomic mass is 19.1. The number of nitrogens with two attached hydrogens (primary N) is 1. The van der Waals surface area contributed by atoms with Crippen molar-refractivity contribution in [2.45, 2.75) is 39.2 Å². The predicted octanol–water partition coefficient (Wildman–Crippen LogP) is 3.25. The normalized spacial score (nSPS) is 11.9. The Balaban J connectivity index is 3.41. The predicted molar refractivity (Wildman–Crippen MR) is 57.5 cm³/mol. The van der Waals surface area contributed by atoms with Crippen LogP contribution in [0.15, 0.2) is 12.1 Å². The van der Waals surface area contributed by atoms with E-state index < -0.39 is 17.2 Å². The second-order valence-electron chi connectivity index (χ2n) is 3.92. The molecular formula is C12H17F2N. The van der Waals surface area contributed by atoms with Crippen molar-refractivity contribution in [3.63, 3.8) is 0 Å². The summed E-state index contributed by atoms with van der Waals surface area (Å²) in [6, 6.07) is 2.71. The van der Waals surface area contributed by atoms with Gasteiger partial charge in [0.1, 0.15) is 11.6 Å². The molecule has 0 saturated heterocycles. The minimum absolute atomic E-state index is 0.0208. The summed E-state index contributed by atoms with van der Waals surface area (Å²) in [6.07, 6.45) is 1.03. The van der Waals surface area contributed by atoms with E-state index in [2.05, 4.69) is 0 Å². The molecule has 0 bridgehead atoms. The van der Waals surface area contributed by atoms with Crippen molar-refractivity contribution in [2.24, 2.45) is 5.73 Å². The average Bonchev–Trinajstić information content (AvgIpc) is 2.23. The van der Waals surface area contributed by atoms with E-state index in [0.717, 1.165) is 0 Å². The van der Waals surface area contributed by atoms with E-state index in [0.29, 0.717) is 18.4 Å². The SMILES string of the molecule is CCC(N)(CC)c1c(F)ccc(C)c1F. The Bertz CT molecular complexity index is 357. The first-order valence-corrected chi connectivity index (χ1v) is 5.20. The van der Waals surface area contributed by atoms with Crippen LogP contribution in [0.2, 0.25) is 0 Å². The monoisotopic (exact) mass is 213 g/mol. The Morgan fingerprint density at radius 1 is 1.20 bits per heavy atom. The smallest absolute Gasteiger partial charge is 0.134 e. The summed E-state index contributed by atoms with van der Waals surface area (Å²) in [5.41, 5.74) is 5.56. The zero-order valence-electron chi connectivity index (χ0n) is 9.40. The number of halogens is 2. The van der Waals surface area contributed by atoms with Crippen molar-refractivity contribution in [1.82, 2.24) is 0 Å². The molecule has 1 rings (SSSR count). The largest absolute Gasteiger partial charge is 0.321 e. The lowest BCUT2D eigenvalue weighted by atomic mass is 9.84. The molecular weight excluding hydrogens is 196 g/mol. The van der Waals surface area contributed by atoms with Crippen LogP contribution in [0.1, 0.15) is 37.8 Å². The summed E-state index contributed by atoms with van der Waals surface area (Å²) in [4.78, 5) is 0. The molecule has 0 heterocycles. The molecule has 0 amide bonds. The van der Waals surface area contributed by atoms with E-state index in [9.17, 15) is 8.78 Å². The van der Waals surface area contributed by atoms with Gasteiger partial charge in [-0.3, -0.25) is 0 Å². The molecule has 0 fully saturated rings. The average molecular weight is 213 g/mol. The Labute approximate surface area is 89.3 Å². The maximum absolute atomic E-state index is 13.8. The lowest BCUT2D eigenvalue weighted by Gasteiger charge is -2.28. The lowest BCUT2D eigenvalue weighted by molar-refractivity contribution is 0.369. The molecule has 0 aliphatic heterocycles. The Kier molecular flexibility index (Phi) is 3.45. The van der Waals surface area contributed by atoms with Gasteiger partial charge in [0, 0.05) is 11.1 Å². The zero-order valence-corrected chi connectivity index (χ0v) is 9.40. The van der Waals surface area contributed by atoms with E-state index in [4.69, 9.17) is 5.73 Å². The molecule has 1 nitrogen and oxygen atoms in total. The van der Waals surface area contributed by atoms with Crippen LogP contribution in [0.4, 0.5) is 8.78 Å². The van der Waals surface area contributed by atoms with Crippen molar-refractivity contribution in [2.75, 3.05) is 0 Å².